The average Bonchev–Trinajstić information content (AvgIpc) is 3.06. The first-order valence-corrected chi connectivity index (χ1v) is 10.5. The second kappa shape index (κ2) is 8.22. The van der Waals surface area contributed by atoms with Gasteiger partial charge in [0.15, 0.2) is 0 Å². The summed E-state index contributed by atoms with van der Waals surface area (Å²) < 4.78 is 0.821. The van der Waals surface area contributed by atoms with Crippen molar-refractivity contribution in [3.8, 4) is 0 Å². The van der Waals surface area contributed by atoms with Gasteiger partial charge in [-0.3, -0.25) is 9.59 Å². The number of carbonyl (C=O) groups excluding carboxylic acids is 1. The molecule has 2 aromatic heterocycles. The van der Waals surface area contributed by atoms with Gasteiger partial charge in [-0.25, -0.2) is 4.98 Å². The second-order valence-electron chi connectivity index (χ2n) is 7.40. The zero-order valence-electron chi connectivity index (χ0n) is 15.9. The number of aromatic amines is 1. The van der Waals surface area contributed by atoms with Crippen molar-refractivity contribution in [3.63, 3.8) is 0 Å². The summed E-state index contributed by atoms with van der Waals surface area (Å²) in [5.74, 6) is 0.880. The van der Waals surface area contributed by atoms with Gasteiger partial charge in [-0.2, -0.15) is 0 Å². The minimum Gasteiger partial charge on any atom is -0.370 e. The molecule has 2 heterocycles. The topological polar surface area (TPSA) is 139 Å². The first-order chi connectivity index (χ1) is 14.0. The molecule has 1 amide bonds. The highest BCUT2D eigenvalue weighted by Crippen LogP contribution is 2.26. The third-order valence-electron chi connectivity index (χ3n) is 5.36. The van der Waals surface area contributed by atoms with E-state index in [1.54, 1.807) is 12.1 Å². The van der Waals surface area contributed by atoms with Crippen LogP contribution in [0.3, 0.4) is 0 Å². The van der Waals surface area contributed by atoms with E-state index in [1.165, 1.54) is 12.8 Å². The Kier molecular flexibility index (Phi) is 5.50. The van der Waals surface area contributed by atoms with Gasteiger partial charge in [-0.05, 0) is 49.1 Å². The Balaban J connectivity index is 1.55. The predicted molar refractivity (Wildman–Crippen MR) is 117 cm³/mol. The number of nitrogens with two attached hydrogens (primary N) is 2. The van der Waals surface area contributed by atoms with Crippen LogP contribution in [0.4, 0.5) is 17.3 Å². The molecule has 0 spiro atoms. The number of rotatable bonds is 6. The van der Waals surface area contributed by atoms with Gasteiger partial charge in [0.25, 0.3) is 5.91 Å². The summed E-state index contributed by atoms with van der Waals surface area (Å²) in [6.07, 6.45) is 4.56. The van der Waals surface area contributed by atoms with Crippen LogP contribution >= 0.6 is 11.3 Å². The third-order valence-corrected chi connectivity index (χ3v) is 6.20. The number of thiazole rings is 1. The maximum atomic E-state index is 11.8. The monoisotopic (exact) mass is 412 g/mol. The summed E-state index contributed by atoms with van der Waals surface area (Å²) in [4.78, 5) is 30.6. The van der Waals surface area contributed by atoms with Gasteiger partial charge in [-0.15, -0.1) is 0 Å². The first kappa shape index (κ1) is 19.4. The number of nitrogens with zero attached hydrogens (tertiary/aromatic N) is 1. The van der Waals surface area contributed by atoms with E-state index in [0.29, 0.717) is 28.8 Å². The summed E-state index contributed by atoms with van der Waals surface area (Å²) in [5, 5.41) is 6.50. The van der Waals surface area contributed by atoms with E-state index < -0.39 is 5.91 Å². The molecule has 1 aliphatic rings. The minimum atomic E-state index is -0.562. The standard InChI is InChI=1S/C20H24N6O2S/c21-14-4-2-1-3-11(14)10-23-17-8-6-13(18(22)27)19(26-17)24-12-5-7-15-16(9-12)29-20(28)25-15/h5-9,11,14H,1-4,10,21H2,(H2,22,27)(H,25,28)(H2,23,24,26)/t11-,14-/m0/s1. The molecule has 1 aliphatic carbocycles. The Labute approximate surface area is 171 Å². The van der Waals surface area contributed by atoms with Crippen LogP contribution in [0.2, 0.25) is 0 Å². The SMILES string of the molecule is NC(=O)c1ccc(NC[C@@H]2CCCC[C@@H]2N)nc1Nc1ccc2[nH]c(=O)sc2c1. The van der Waals surface area contributed by atoms with Crippen molar-refractivity contribution in [1.82, 2.24) is 9.97 Å². The van der Waals surface area contributed by atoms with Gasteiger partial charge in [0.2, 0.25) is 0 Å². The highest BCUT2D eigenvalue weighted by atomic mass is 32.1. The lowest BCUT2D eigenvalue weighted by Crippen LogP contribution is -2.37. The number of nitrogens with one attached hydrogen (secondary N) is 3. The van der Waals surface area contributed by atoms with E-state index in [0.717, 1.165) is 40.9 Å². The Morgan fingerprint density at radius 1 is 1.24 bits per heavy atom. The molecule has 0 aliphatic heterocycles. The van der Waals surface area contributed by atoms with Crippen LogP contribution < -0.4 is 27.0 Å². The van der Waals surface area contributed by atoms with E-state index in [4.69, 9.17) is 11.5 Å². The van der Waals surface area contributed by atoms with Crippen molar-refractivity contribution in [1.29, 1.82) is 0 Å². The lowest BCUT2D eigenvalue weighted by molar-refractivity contribution is 0.100. The molecule has 0 saturated heterocycles. The van der Waals surface area contributed by atoms with Crippen molar-refractivity contribution in [2.45, 2.75) is 31.7 Å². The molecule has 1 saturated carbocycles. The van der Waals surface area contributed by atoms with Crippen molar-refractivity contribution in [3.05, 3.63) is 45.6 Å². The van der Waals surface area contributed by atoms with Crippen molar-refractivity contribution >= 4 is 44.8 Å². The fourth-order valence-electron chi connectivity index (χ4n) is 3.74. The number of primary amides is 1. The maximum absolute atomic E-state index is 11.8. The number of hydrogen-bond donors (Lipinski definition) is 5. The largest absolute Gasteiger partial charge is 0.370 e. The molecular weight excluding hydrogens is 388 g/mol. The molecule has 7 N–H and O–H groups in total. The number of anilines is 3. The lowest BCUT2D eigenvalue weighted by Gasteiger charge is -2.28. The Morgan fingerprint density at radius 2 is 2.07 bits per heavy atom. The van der Waals surface area contributed by atoms with E-state index in [-0.39, 0.29) is 10.9 Å². The summed E-state index contributed by atoms with van der Waals surface area (Å²) in [6, 6.07) is 9.09. The number of aromatic nitrogens is 2. The molecular formula is C20H24N6O2S. The molecule has 1 aromatic carbocycles. The summed E-state index contributed by atoms with van der Waals surface area (Å²) in [6.45, 7) is 0.743. The minimum absolute atomic E-state index is 0.111. The van der Waals surface area contributed by atoms with Crippen LogP contribution in [-0.4, -0.2) is 28.5 Å². The predicted octanol–water partition coefficient (Wildman–Crippen LogP) is 2.76. The van der Waals surface area contributed by atoms with Gasteiger partial charge in [-0.1, -0.05) is 24.2 Å². The smallest absolute Gasteiger partial charge is 0.305 e. The molecule has 29 heavy (non-hydrogen) atoms. The fourth-order valence-corrected chi connectivity index (χ4v) is 4.51. The lowest BCUT2D eigenvalue weighted by atomic mass is 9.85. The average molecular weight is 413 g/mol. The summed E-state index contributed by atoms with van der Waals surface area (Å²) >= 11 is 1.13. The summed E-state index contributed by atoms with van der Waals surface area (Å²) in [5.41, 5.74) is 13.5. The number of benzene rings is 1. The van der Waals surface area contributed by atoms with Gasteiger partial charge in [0, 0.05) is 18.3 Å². The van der Waals surface area contributed by atoms with Gasteiger partial charge >= 0.3 is 4.87 Å². The van der Waals surface area contributed by atoms with Crippen LogP contribution in [0.5, 0.6) is 0 Å². The maximum Gasteiger partial charge on any atom is 0.305 e. The molecule has 0 unspecified atom stereocenters. The van der Waals surface area contributed by atoms with E-state index in [1.807, 2.05) is 18.2 Å². The molecule has 4 rings (SSSR count). The molecule has 1 fully saturated rings. The quantitative estimate of drug-likeness (QED) is 0.422. The fraction of sp³-hybridized carbons (Fsp3) is 0.350. The molecule has 152 valence electrons. The number of H-pyrrole nitrogens is 1. The van der Waals surface area contributed by atoms with E-state index in [2.05, 4.69) is 20.6 Å². The number of fused-ring (bicyclic) bond motifs is 1. The van der Waals surface area contributed by atoms with Crippen LogP contribution in [0, 0.1) is 5.92 Å². The van der Waals surface area contributed by atoms with Crippen LogP contribution in [0.25, 0.3) is 10.2 Å². The number of carbonyl (C=O) groups is 1. The van der Waals surface area contributed by atoms with Gasteiger partial charge in [0.05, 0.1) is 15.8 Å². The zero-order valence-corrected chi connectivity index (χ0v) is 16.7. The van der Waals surface area contributed by atoms with Crippen molar-refractivity contribution in [2.75, 3.05) is 17.2 Å². The number of amides is 1. The van der Waals surface area contributed by atoms with Crippen LogP contribution in [-0.2, 0) is 0 Å². The molecule has 3 aromatic rings. The van der Waals surface area contributed by atoms with Gasteiger partial charge < -0.3 is 27.1 Å². The highest BCUT2D eigenvalue weighted by Gasteiger charge is 2.21. The Morgan fingerprint density at radius 3 is 2.86 bits per heavy atom. The zero-order chi connectivity index (χ0) is 20.4. The number of pyridine rings is 1. The Bertz CT molecular complexity index is 1090. The molecule has 2 atom stereocenters. The molecule has 9 heteroatoms. The summed E-state index contributed by atoms with van der Waals surface area (Å²) in [7, 11) is 0. The molecule has 0 radical (unpaired) electrons. The third kappa shape index (κ3) is 4.41. The molecule has 8 nitrogen and oxygen atoms in total. The first-order valence-electron chi connectivity index (χ1n) is 9.70. The highest BCUT2D eigenvalue weighted by molar-refractivity contribution is 7.16. The second-order valence-corrected chi connectivity index (χ2v) is 8.41. The number of hydrogen-bond acceptors (Lipinski definition) is 7. The molecule has 0 bridgehead atoms. The van der Waals surface area contributed by atoms with E-state index in [9.17, 15) is 9.59 Å². The van der Waals surface area contributed by atoms with Crippen molar-refractivity contribution < 1.29 is 4.79 Å². The van der Waals surface area contributed by atoms with Crippen LogP contribution in [0.1, 0.15) is 36.0 Å². The van der Waals surface area contributed by atoms with E-state index >= 15 is 0 Å². The van der Waals surface area contributed by atoms with Crippen molar-refractivity contribution in [2.24, 2.45) is 17.4 Å². The normalized spacial score (nSPS) is 19.2. The van der Waals surface area contributed by atoms with Crippen LogP contribution in [0.15, 0.2) is 35.1 Å². The van der Waals surface area contributed by atoms with Gasteiger partial charge in [0.1, 0.15) is 11.6 Å². The Hall–Kier alpha value is -2.91.